The molecule has 2 amide bonds. The molecule has 1 saturated heterocycles. The van der Waals surface area contributed by atoms with Crippen LogP contribution in [0.5, 0.6) is 5.75 Å². The van der Waals surface area contributed by atoms with Crippen molar-refractivity contribution in [1.82, 2.24) is 14.5 Å². The van der Waals surface area contributed by atoms with Crippen LogP contribution >= 0.6 is 0 Å². The van der Waals surface area contributed by atoms with Crippen molar-refractivity contribution in [2.24, 2.45) is 14.1 Å². The van der Waals surface area contributed by atoms with Crippen LogP contribution in [0.1, 0.15) is 24.0 Å². The molecule has 1 N–H and O–H groups in total. The summed E-state index contributed by atoms with van der Waals surface area (Å²) in [4.78, 5) is 28.6. The standard InChI is InChI=1S/C27H26N4O3/c1-29-14-20(18-8-6-16(12-22(18)29)31-10-4-5-11-31)24-25(27(33)28-26(24)32)21-15-30(2)23-13-17(34-3)7-9-19(21)23/h6-9,12-15H,4-5,10-11H2,1-3H3,(H,28,32,33). The molecule has 0 atom stereocenters. The lowest BCUT2D eigenvalue weighted by Gasteiger charge is -2.17. The third-order valence-corrected chi connectivity index (χ3v) is 7.11. The van der Waals surface area contributed by atoms with Crippen molar-refractivity contribution in [3.05, 3.63) is 59.9 Å². The van der Waals surface area contributed by atoms with E-state index < -0.39 is 0 Å². The van der Waals surface area contributed by atoms with Gasteiger partial charge in [0.1, 0.15) is 5.75 Å². The van der Waals surface area contributed by atoms with E-state index in [4.69, 9.17) is 4.74 Å². The molecule has 7 heteroatoms. The molecular weight excluding hydrogens is 428 g/mol. The molecule has 6 rings (SSSR count). The van der Waals surface area contributed by atoms with Gasteiger partial charge in [-0.1, -0.05) is 6.07 Å². The van der Waals surface area contributed by atoms with Crippen LogP contribution in [0.4, 0.5) is 5.69 Å². The highest BCUT2D eigenvalue weighted by atomic mass is 16.5. The molecule has 1 fully saturated rings. The minimum absolute atomic E-state index is 0.360. The van der Waals surface area contributed by atoms with Gasteiger partial charge in [0.15, 0.2) is 0 Å². The van der Waals surface area contributed by atoms with Gasteiger partial charge < -0.3 is 18.8 Å². The van der Waals surface area contributed by atoms with Crippen LogP contribution in [0, 0.1) is 0 Å². The third kappa shape index (κ3) is 2.96. The van der Waals surface area contributed by atoms with Gasteiger partial charge in [-0.3, -0.25) is 14.9 Å². The molecule has 0 bridgehead atoms. The number of benzene rings is 2. The van der Waals surface area contributed by atoms with E-state index in [1.54, 1.807) is 7.11 Å². The average Bonchev–Trinajstić information content (AvgIpc) is 3.60. The Morgan fingerprint density at radius 1 is 0.794 bits per heavy atom. The Labute approximate surface area is 197 Å². The maximum absolute atomic E-state index is 13.1. The van der Waals surface area contributed by atoms with E-state index in [2.05, 4.69) is 28.4 Å². The first-order valence-electron chi connectivity index (χ1n) is 11.5. The Balaban J connectivity index is 1.57. The summed E-state index contributed by atoms with van der Waals surface area (Å²) in [5.74, 6) is 0.0138. The van der Waals surface area contributed by atoms with E-state index in [0.717, 1.165) is 51.8 Å². The number of nitrogens with zero attached hydrogens (tertiary/aromatic N) is 3. The first kappa shape index (κ1) is 20.6. The van der Waals surface area contributed by atoms with Crippen LogP contribution in [-0.4, -0.2) is 41.1 Å². The second-order valence-electron chi connectivity index (χ2n) is 9.12. The lowest BCUT2D eigenvalue weighted by Crippen LogP contribution is -2.22. The Kier molecular flexibility index (Phi) is 4.55. The topological polar surface area (TPSA) is 68.5 Å². The van der Waals surface area contributed by atoms with Gasteiger partial charge in [-0.25, -0.2) is 0 Å². The summed E-state index contributed by atoms with van der Waals surface area (Å²) in [5, 5.41) is 4.40. The highest BCUT2D eigenvalue weighted by Gasteiger charge is 2.35. The zero-order chi connectivity index (χ0) is 23.6. The van der Waals surface area contributed by atoms with E-state index in [1.165, 1.54) is 18.5 Å². The van der Waals surface area contributed by atoms with E-state index in [-0.39, 0.29) is 11.8 Å². The number of imide groups is 1. The van der Waals surface area contributed by atoms with Crippen molar-refractivity contribution in [3.8, 4) is 5.75 Å². The zero-order valence-electron chi connectivity index (χ0n) is 19.5. The molecular formula is C27H26N4O3. The lowest BCUT2D eigenvalue weighted by atomic mass is 9.95. The molecule has 172 valence electrons. The Morgan fingerprint density at radius 2 is 1.35 bits per heavy atom. The quantitative estimate of drug-likeness (QED) is 0.476. The predicted molar refractivity (Wildman–Crippen MR) is 134 cm³/mol. The van der Waals surface area contributed by atoms with Gasteiger partial charge in [0.05, 0.1) is 29.3 Å². The summed E-state index contributed by atoms with van der Waals surface area (Å²) in [6.45, 7) is 2.14. The van der Waals surface area contributed by atoms with Gasteiger partial charge in [0, 0.05) is 73.2 Å². The first-order chi connectivity index (χ1) is 16.5. The van der Waals surface area contributed by atoms with Gasteiger partial charge in [-0.2, -0.15) is 0 Å². The predicted octanol–water partition coefficient (Wildman–Crippen LogP) is 3.85. The fourth-order valence-corrected chi connectivity index (χ4v) is 5.40. The SMILES string of the molecule is COc1ccc2c(C3=C(c4cn(C)c5cc(N6CCCC6)ccc45)C(=O)NC3=O)cn(C)c2c1. The first-order valence-corrected chi connectivity index (χ1v) is 11.5. The number of aromatic nitrogens is 2. The number of fused-ring (bicyclic) bond motifs is 2. The third-order valence-electron chi connectivity index (χ3n) is 7.11. The maximum Gasteiger partial charge on any atom is 0.259 e. The number of ether oxygens (including phenoxy) is 1. The molecule has 0 spiro atoms. The molecule has 2 aromatic heterocycles. The molecule has 0 radical (unpaired) electrons. The van der Waals surface area contributed by atoms with E-state index in [1.807, 2.05) is 53.8 Å². The minimum atomic E-state index is -0.367. The van der Waals surface area contributed by atoms with Crippen LogP contribution in [-0.2, 0) is 23.7 Å². The normalized spacial score (nSPS) is 16.4. The number of rotatable bonds is 4. The minimum Gasteiger partial charge on any atom is -0.497 e. The molecule has 4 aromatic rings. The van der Waals surface area contributed by atoms with Crippen molar-refractivity contribution >= 4 is 50.5 Å². The van der Waals surface area contributed by atoms with Gasteiger partial charge in [-0.15, -0.1) is 0 Å². The van der Waals surface area contributed by atoms with Gasteiger partial charge in [-0.05, 0) is 37.1 Å². The van der Waals surface area contributed by atoms with E-state index in [0.29, 0.717) is 11.1 Å². The number of aryl methyl sites for hydroxylation is 2. The summed E-state index contributed by atoms with van der Waals surface area (Å²) < 4.78 is 9.37. The highest BCUT2D eigenvalue weighted by molar-refractivity contribution is 6.50. The summed E-state index contributed by atoms with van der Waals surface area (Å²) in [6.07, 6.45) is 6.30. The Morgan fingerprint density at radius 3 is 1.94 bits per heavy atom. The number of carbonyl (C=O) groups is 2. The molecule has 7 nitrogen and oxygen atoms in total. The number of hydrogen-bond donors (Lipinski definition) is 1. The molecule has 2 aliphatic heterocycles. The van der Waals surface area contributed by atoms with Crippen LogP contribution in [0.15, 0.2) is 48.8 Å². The second-order valence-corrected chi connectivity index (χ2v) is 9.12. The molecule has 0 unspecified atom stereocenters. The van der Waals surface area contributed by atoms with Gasteiger partial charge >= 0.3 is 0 Å². The molecule has 0 saturated carbocycles. The number of anilines is 1. The van der Waals surface area contributed by atoms with Crippen LogP contribution in [0.3, 0.4) is 0 Å². The number of methoxy groups -OCH3 is 1. The zero-order valence-corrected chi connectivity index (χ0v) is 19.5. The van der Waals surface area contributed by atoms with Crippen molar-refractivity contribution in [1.29, 1.82) is 0 Å². The lowest BCUT2D eigenvalue weighted by molar-refractivity contribution is -0.122. The van der Waals surface area contributed by atoms with Crippen LogP contribution in [0.2, 0.25) is 0 Å². The fourth-order valence-electron chi connectivity index (χ4n) is 5.40. The van der Waals surface area contributed by atoms with Crippen molar-refractivity contribution in [2.45, 2.75) is 12.8 Å². The Hall–Kier alpha value is -4.00. The van der Waals surface area contributed by atoms with Crippen molar-refractivity contribution in [2.75, 3.05) is 25.1 Å². The summed E-state index contributed by atoms with van der Waals surface area (Å²) >= 11 is 0. The highest BCUT2D eigenvalue weighted by Crippen LogP contribution is 2.40. The van der Waals surface area contributed by atoms with Crippen molar-refractivity contribution in [3.63, 3.8) is 0 Å². The number of carbonyl (C=O) groups excluding carboxylic acids is 2. The maximum atomic E-state index is 13.1. The van der Waals surface area contributed by atoms with E-state index >= 15 is 0 Å². The smallest absolute Gasteiger partial charge is 0.259 e. The van der Waals surface area contributed by atoms with Crippen LogP contribution in [0.25, 0.3) is 33.0 Å². The summed E-state index contributed by atoms with van der Waals surface area (Å²) in [6, 6.07) is 12.1. The monoisotopic (exact) mass is 454 g/mol. The number of hydrogen-bond acceptors (Lipinski definition) is 4. The molecule has 0 aliphatic carbocycles. The van der Waals surface area contributed by atoms with Crippen molar-refractivity contribution < 1.29 is 14.3 Å². The largest absolute Gasteiger partial charge is 0.497 e. The molecule has 2 aliphatic rings. The number of nitrogens with one attached hydrogen (secondary N) is 1. The van der Waals surface area contributed by atoms with E-state index in [9.17, 15) is 9.59 Å². The summed E-state index contributed by atoms with van der Waals surface area (Å²) in [5.41, 5.74) is 5.52. The fraction of sp³-hybridized carbons (Fsp3) is 0.259. The average molecular weight is 455 g/mol. The Bertz CT molecular complexity index is 1530. The summed E-state index contributed by atoms with van der Waals surface area (Å²) in [7, 11) is 5.54. The van der Waals surface area contributed by atoms with Gasteiger partial charge in [0.2, 0.25) is 0 Å². The molecule has 4 heterocycles. The number of amides is 2. The van der Waals surface area contributed by atoms with Crippen LogP contribution < -0.4 is 15.0 Å². The van der Waals surface area contributed by atoms with Gasteiger partial charge in [0.25, 0.3) is 11.8 Å². The second kappa shape index (κ2) is 7.52. The molecule has 34 heavy (non-hydrogen) atoms. The molecule has 2 aromatic carbocycles.